The van der Waals surface area contributed by atoms with E-state index in [-0.39, 0.29) is 22.0 Å². The standard InChI is InChI=1S/C25H17Cl3N2O4/c1-30-23(25(33)34-13-21(31)29-20-12-16(27)10-11-19(20)28)22(14-6-8-15(26)9-7-14)17-4-2-3-5-18(17)24(30)32/h2-12H,13H2,1H3,(H,29,31). The van der Waals surface area contributed by atoms with Gasteiger partial charge in [-0.3, -0.25) is 9.59 Å². The Morgan fingerprint density at radius 2 is 1.56 bits per heavy atom. The SMILES string of the molecule is Cn1c(C(=O)OCC(=O)Nc2cc(Cl)ccc2Cl)c(-c2ccc(Cl)cc2)c2ccccc2c1=O. The van der Waals surface area contributed by atoms with Gasteiger partial charge in [0, 0.05) is 28.0 Å². The lowest BCUT2D eigenvalue weighted by Gasteiger charge is -2.17. The van der Waals surface area contributed by atoms with Gasteiger partial charge in [-0.05, 0) is 47.3 Å². The first kappa shape index (κ1) is 23.8. The van der Waals surface area contributed by atoms with Gasteiger partial charge in [0.25, 0.3) is 11.5 Å². The van der Waals surface area contributed by atoms with Gasteiger partial charge >= 0.3 is 5.97 Å². The number of benzene rings is 3. The van der Waals surface area contributed by atoms with Crippen LogP contribution in [-0.4, -0.2) is 23.1 Å². The molecule has 1 amide bonds. The molecule has 34 heavy (non-hydrogen) atoms. The summed E-state index contributed by atoms with van der Waals surface area (Å²) in [5.74, 6) is -1.45. The summed E-state index contributed by atoms with van der Waals surface area (Å²) in [5, 5.41) is 4.77. The minimum Gasteiger partial charge on any atom is -0.451 e. The first-order valence-electron chi connectivity index (χ1n) is 10.1. The number of carbonyl (C=O) groups excluding carboxylic acids is 2. The Kier molecular flexibility index (Phi) is 6.93. The number of hydrogen-bond donors (Lipinski definition) is 1. The zero-order valence-corrected chi connectivity index (χ0v) is 20.0. The molecule has 0 atom stereocenters. The third kappa shape index (κ3) is 4.80. The number of anilines is 1. The van der Waals surface area contributed by atoms with Crippen molar-refractivity contribution in [2.45, 2.75) is 0 Å². The minimum absolute atomic E-state index is 0.0135. The second-order valence-electron chi connectivity index (χ2n) is 7.39. The summed E-state index contributed by atoms with van der Waals surface area (Å²) in [6, 6.07) is 18.4. The van der Waals surface area contributed by atoms with Crippen LogP contribution in [0.4, 0.5) is 5.69 Å². The van der Waals surface area contributed by atoms with Crippen molar-refractivity contribution in [2.24, 2.45) is 7.05 Å². The maximum Gasteiger partial charge on any atom is 0.356 e. The summed E-state index contributed by atoms with van der Waals surface area (Å²) in [6.45, 7) is -0.594. The number of pyridine rings is 1. The number of hydrogen-bond acceptors (Lipinski definition) is 4. The molecule has 9 heteroatoms. The summed E-state index contributed by atoms with van der Waals surface area (Å²) >= 11 is 18.0. The van der Waals surface area contributed by atoms with Crippen LogP contribution in [0, 0.1) is 0 Å². The topological polar surface area (TPSA) is 77.4 Å². The summed E-state index contributed by atoms with van der Waals surface area (Å²) in [5.41, 5.74) is 1.10. The number of nitrogens with zero attached hydrogens (tertiary/aromatic N) is 1. The molecule has 0 unspecified atom stereocenters. The molecule has 0 bridgehead atoms. The monoisotopic (exact) mass is 514 g/mol. The van der Waals surface area contributed by atoms with Crippen molar-refractivity contribution in [3.63, 3.8) is 0 Å². The van der Waals surface area contributed by atoms with Crippen LogP contribution >= 0.6 is 34.8 Å². The number of halogens is 3. The van der Waals surface area contributed by atoms with Crippen LogP contribution in [0.25, 0.3) is 21.9 Å². The molecule has 4 rings (SSSR count). The first-order valence-corrected chi connectivity index (χ1v) is 11.2. The van der Waals surface area contributed by atoms with Gasteiger partial charge in [-0.2, -0.15) is 0 Å². The molecular formula is C25H17Cl3N2O4. The fourth-order valence-electron chi connectivity index (χ4n) is 3.59. The zero-order valence-electron chi connectivity index (χ0n) is 17.8. The van der Waals surface area contributed by atoms with Crippen LogP contribution in [0.5, 0.6) is 0 Å². The average molecular weight is 516 g/mol. The van der Waals surface area contributed by atoms with E-state index in [1.165, 1.54) is 23.7 Å². The number of carbonyl (C=O) groups is 2. The number of aromatic nitrogens is 1. The highest BCUT2D eigenvalue weighted by Gasteiger charge is 2.23. The average Bonchev–Trinajstić information content (AvgIpc) is 2.82. The zero-order chi connectivity index (χ0) is 24.4. The molecule has 0 aliphatic heterocycles. The van der Waals surface area contributed by atoms with E-state index in [0.29, 0.717) is 31.9 Å². The smallest absolute Gasteiger partial charge is 0.356 e. The molecular weight excluding hydrogens is 499 g/mol. The lowest BCUT2D eigenvalue weighted by molar-refractivity contribution is -0.119. The molecule has 3 aromatic carbocycles. The van der Waals surface area contributed by atoms with E-state index < -0.39 is 18.5 Å². The largest absolute Gasteiger partial charge is 0.451 e. The van der Waals surface area contributed by atoms with Crippen LogP contribution in [-0.2, 0) is 16.6 Å². The normalized spacial score (nSPS) is 10.8. The van der Waals surface area contributed by atoms with E-state index >= 15 is 0 Å². The van der Waals surface area contributed by atoms with Crippen LogP contribution in [0.1, 0.15) is 10.5 Å². The second kappa shape index (κ2) is 9.89. The summed E-state index contributed by atoms with van der Waals surface area (Å²) in [7, 11) is 1.48. The molecule has 0 saturated carbocycles. The lowest BCUT2D eigenvalue weighted by atomic mass is 9.97. The fraction of sp³-hybridized carbons (Fsp3) is 0.0800. The quantitative estimate of drug-likeness (QED) is 0.333. The van der Waals surface area contributed by atoms with Gasteiger partial charge in [0.1, 0.15) is 5.69 Å². The van der Waals surface area contributed by atoms with Crippen LogP contribution in [0.3, 0.4) is 0 Å². The van der Waals surface area contributed by atoms with Crippen molar-refractivity contribution in [1.82, 2.24) is 4.57 Å². The minimum atomic E-state index is -0.831. The second-order valence-corrected chi connectivity index (χ2v) is 8.67. The van der Waals surface area contributed by atoms with E-state index in [1.807, 2.05) is 0 Å². The molecule has 6 nitrogen and oxygen atoms in total. The number of fused-ring (bicyclic) bond motifs is 1. The Morgan fingerprint density at radius 3 is 2.26 bits per heavy atom. The Bertz CT molecular complexity index is 1480. The number of esters is 1. The maximum atomic E-state index is 13.2. The summed E-state index contributed by atoms with van der Waals surface area (Å²) < 4.78 is 6.51. The Balaban J connectivity index is 1.70. The van der Waals surface area contributed by atoms with Crippen molar-refractivity contribution in [2.75, 3.05) is 11.9 Å². The first-order chi connectivity index (χ1) is 16.3. The van der Waals surface area contributed by atoms with E-state index in [2.05, 4.69) is 5.32 Å². The predicted molar refractivity (Wildman–Crippen MR) is 135 cm³/mol. The number of amides is 1. The highest BCUT2D eigenvalue weighted by Crippen LogP contribution is 2.32. The van der Waals surface area contributed by atoms with Gasteiger partial charge in [0.15, 0.2) is 6.61 Å². The number of nitrogens with one attached hydrogen (secondary N) is 1. The van der Waals surface area contributed by atoms with Gasteiger partial charge in [0.05, 0.1) is 10.7 Å². The van der Waals surface area contributed by atoms with Crippen molar-refractivity contribution in [3.8, 4) is 11.1 Å². The molecule has 1 N–H and O–H groups in total. The van der Waals surface area contributed by atoms with Gasteiger partial charge in [-0.15, -0.1) is 0 Å². The predicted octanol–water partition coefficient (Wildman–Crippen LogP) is 5.96. The van der Waals surface area contributed by atoms with E-state index in [1.54, 1.807) is 54.6 Å². The Morgan fingerprint density at radius 1 is 0.912 bits per heavy atom. The third-order valence-electron chi connectivity index (χ3n) is 5.17. The molecule has 0 radical (unpaired) electrons. The lowest BCUT2D eigenvalue weighted by Crippen LogP contribution is -2.28. The van der Waals surface area contributed by atoms with Crippen molar-refractivity contribution in [3.05, 3.63) is 97.8 Å². The van der Waals surface area contributed by atoms with Gasteiger partial charge in [-0.25, -0.2) is 4.79 Å². The molecule has 0 fully saturated rings. The van der Waals surface area contributed by atoms with E-state index in [9.17, 15) is 14.4 Å². The highest BCUT2D eigenvalue weighted by atomic mass is 35.5. The molecule has 1 heterocycles. The van der Waals surface area contributed by atoms with Gasteiger partial charge in [-0.1, -0.05) is 65.1 Å². The maximum absolute atomic E-state index is 13.2. The number of ether oxygens (including phenoxy) is 1. The number of rotatable bonds is 5. The summed E-state index contributed by atoms with van der Waals surface area (Å²) in [4.78, 5) is 38.5. The molecule has 172 valence electrons. The van der Waals surface area contributed by atoms with E-state index in [0.717, 1.165) is 0 Å². The van der Waals surface area contributed by atoms with Gasteiger partial charge < -0.3 is 14.6 Å². The Hall–Kier alpha value is -3.32. The third-order valence-corrected chi connectivity index (χ3v) is 5.98. The molecule has 1 aromatic heterocycles. The van der Waals surface area contributed by atoms with Crippen molar-refractivity contribution in [1.29, 1.82) is 0 Å². The Labute approximate surface area is 209 Å². The highest BCUT2D eigenvalue weighted by molar-refractivity contribution is 6.35. The van der Waals surface area contributed by atoms with Crippen LogP contribution in [0.2, 0.25) is 15.1 Å². The molecule has 0 aliphatic rings. The van der Waals surface area contributed by atoms with Crippen molar-refractivity contribution >= 4 is 63.1 Å². The fourth-order valence-corrected chi connectivity index (χ4v) is 4.05. The van der Waals surface area contributed by atoms with E-state index in [4.69, 9.17) is 39.5 Å². The van der Waals surface area contributed by atoms with Crippen LogP contribution in [0.15, 0.2) is 71.5 Å². The molecule has 0 spiro atoms. The van der Waals surface area contributed by atoms with Crippen LogP contribution < -0.4 is 10.9 Å². The molecule has 0 saturated heterocycles. The summed E-state index contributed by atoms with van der Waals surface area (Å²) in [6.07, 6.45) is 0. The molecule has 4 aromatic rings. The van der Waals surface area contributed by atoms with Crippen molar-refractivity contribution < 1.29 is 14.3 Å². The molecule has 0 aliphatic carbocycles. The van der Waals surface area contributed by atoms with Gasteiger partial charge in [0.2, 0.25) is 0 Å².